The smallest absolute Gasteiger partial charge is 0.149 e. The van der Waals surface area contributed by atoms with Crippen molar-refractivity contribution in [2.75, 3.05) is 0 Å². The van der Waals surface area contributed by atoms with Crippen LogP contribution in [0.1, 0.15) is 18.2 Å². The summed E-state index contributed by atoms with van der Waals surface area (Å²) in [7, 11) is 0. The van der Waals surface area contributed by atoms with E-state index >= 15 is 0 Å². The lowest BCUT2D eigenvalue weighted by molar-refractivity contribution is 1.24. The van der Waals surface area contributed by atoms with Crippen molar-refractivity contribution in [3.8, 4) is 6.07 Å². The van der Waals surface area contributed by atoms with Gasteiger partial charge in [-0.2, -0.15) is 5.26 Å². The van der Waals surface area contributed by atoms with Crippen molar-refractivity contribution < 1.29 is 0 Å². The zero-order chi connectivity index (χ0) is 8.27. The fourth-order valence-corrected chi connectivity index (χ4v) is 0.797. The number of nitrogens with zero attached hydrogens (tertiary/aromatic N) is 2. The van der Waals surface area contributed by atoms with E-state index in [-0.39, 0.29) is 0 Å². The molecule has 0 aliphatic heterocycles. The van der Waals surface area contributed by atoms with Crippen LogP contribution < -0.4 is 0 Å². The number of hydrogen-bond acceptors (Lipinski definition) is 3. The van der Waals surface area contributed by atoms with Crippen LogP contribution in [0, 0.1) is 16.7 Å². The predicted octanol–water partition coefficient (Wildman–Crippen LogP) is 1.34. The van der Waals surface area contributed by atoms with Gasteiger partial charge in [0.2, 0.25) is 0 Å². The van der Waals surface area contributed by atoms with Crippen molar-refractivity contribution in [3.05, 3.63) is 29.6 Å². The summed E-state index contributed by atoms with van der Waals surface area (Å²) in [6, 6.07) is 5.36. The minimum absolute atomic E-state index is 0.319. The van der Waals surface area contributed by atoms with Gasteiger partial charge in [-0.05, 0) is 19.1 Å². The monoisotopic (exact) mass is 145 g/mol. The maximum Gasteiger partial charge on any atom is 0.149 e. The number of pyridine rings is 1. The summed E-state index contributed by atoms with van der Waals surface area (Å²) in [6.45, 7) is 1.64. The van der Waals surface area contributed by atoms with Gasteiger partial charge in [0, 0.05) is 17.5 Å². The lowest BCUT2D eigenvalue weighted by Crippen LogP contribution is -1.97. The van der Waals surface area contributed by atoms with Crippen LogP contribution in [-0.2, 0) is 0 Å². The van der Waals surface area contributed by atoms with Gasteiger partial charge in [0.15, 0.2) is 0 Å². The summed E-state index contributed by atoms with van der Waals surface area (Å²) in [5.41, 5.74) is 1.30. The molecule has 0 unspecified atom stereocenters. The van der Waals surface area contributed by atoms with Gasteiger partial charge < -0.3 is 5.41 Å². The van der Waals surface area contributed by atoms with Crippen molar-refractivity contribution in [1.29, 1.82) is 10.7 Å². The Hall–Kier alpha value is -1.69. The molecule has 0 aliphatic carbocycles. The van der Waals surface area contributed by atoms with E-state index < -0.39 is 0 Å². The molecule has 3 heteroatoms. The Bertz CT molecular complexity index is 322. The lowest BCUT2D eigenvalue weighted by atomic mass is 10.1. The number of nitrogens with one attached hydrogen (secondary N) is 1. The normalized spacial score (nSPS) is 8.73. The highest BCUT2D eigenvalue weighted by molar-refractivity contribution is 5.97. The molecule has 3 nitrogen and oxygen atoms in total. The Labute approximate surface area is 64.8 Å². The second kappa shape index (κ2) is 2.93. The summed E-state index contributed by atoms with van der Waals surface area (Å²) in [5.74, 6) is 0. The highest BCUT2D eigenvalue weighted by Crippen LogP contribution is 2.03. The van der Waals surface area contributed by atoms with Gasteiger partial charge in [0.25, 0.3) is 0 Å². The maximum atomic E-state index is 8.56. The van der Waals surface area contributed by atoms with E-state index in [0.29, 0.717) is 17.0 Å². The molecule has 0 fully saturated rings. The Morgan fingerprint density at radius 3 is 2.91 bits per heavy atom. The van der Waals surface area contributed by atoms with E-state index in [0.717, 1.165) is 0 Å². The standard InChI is InChI=1S/C8H7N3/c1-6(10)7-3-2-4-11-8(7)5-9/h2-4,10H,1H3. The van der Waals surface area contributed by atoms with Gasteiger partial charge in [0.1, 0.15) is 11.8 Å². The van der Waals surface area contributed by atoms with Crippen LogP contribution in [0.5, 0.6) is 0 Å². The van der Waals surface area contributed by atoms with E-state index in [1.165, 1.54) is 0 Å². The number of hydrogen-bond donors (Lipinski definition) is 1. The van der Waals surface area contributed by atoms with Crippen molar-refractivity contribution >= 4 is 5.71 Å². The third-order valence-electron chi connectivity index (χ3n) is 1.32. The summed E-state index contributed by atoms with van der Waals surface area (Å²) in [6.07, 6.45) is 1.55. The number of rotatable bonds is 1. The summed E-state index contributed by atoms with van der Waals surface area (Å²) >= 11 is 0. The third-order valence-corrected chi connectivity index (χ3v) is 1.32. The zero-order valence-corrected chi connectivity index (χ0v) is 6.13. The van der Waals surface area contributed by atoms with Crippen LogP contribution in [0.4, 0.5) is 0 Å². The van der Waals surface area contributed by atoms with Crippen molar-refractivity contribution in [2.24, 2.45) is 0 Å². The van der Waals surface area contributed by atoms with E-state index in [1.54, 1.807) is 25.3 Å². The lowest BCUT2D eigenvalue weighted by Gasteiger charge is -1.97. The molecule has 1 heterocycles. The van der Waals surface area contributed by atoms with Crippen molar-refractivity contribution in [3.63, 3.8) is 0 Å². The summed E-state index contributed by atoms with van der Waals surface area (Å²) < 4.78 is 0. The Morgan fingerprint density at radius 1 is 1.73 bits per heavy atom. The minimum atomic E-state index is 0.319. The predicted molar refractivity (Wildman–Crippen MR) is 41.5 cm³/mol. The molecule has 1 N–H and O–H groups in total. The highest BCUT2D eigenvalue weighted by Gasteiger charge is 2.02. The van der Waals surface area contributed by atoms with Crippen LogP contribution in [-0.4, -0.2) is 10.7 Å². The van der Waals surface area contributed by atoms with Crippen LogP contribution in [0.2, 0.25) is 0 Å². The Morgan fingerprint density at radius 2 is 2.45 bits per heavy atom. The van der Waals surface area contributed by atoms with Gasteiger partial charge in [-0.1, -0.05) is 0 Å². The first-order chi connectivity index (χ1) is 5.25. The van der Waals surface area contributed by atoms with Crippen molar-refractivity contribution in [1.82, 2.24) is 4.98 Å². The molecule has 54 valence electrons. The molecule has 11 heavy (non-hydrogen) atoms. The topological polar surface area (TPSA) is 60.5 Å². The van der Waals surface area contributed by atoms with Gasteiger partial charge in [0.05, 0.1) is 0 Å². The van der Waals surface area contributed by atoms with Crippen LogP contribution >= 0.6 is 0 Å². The molecule has 0 aliphatic rings. The molecule has 0 atom stereocenters. The largest absolute Gasteiger partial charge is 0.305 e. The Kier molecular flexibility index (Phi) is 1.98. The van der Waals surface area contributed by atoms with Crippen molar-refractivity contribution in [2.45, 2.75) is 6.92 Å². The second-order valence-electron chi connectivity index (χ2n) is 2.14. The highest BCUT2D eigenvalue weighted by atomic mass is 14.7. The fourth-order valence-electron chi connectivity index (χ4n) is 0.797. The van der Waals surface area contributed by atoms with Crippen LogP contribution in [0.25, 0.3) is 0 Å². The molecule has 0 amide bonds. The molecule has 1 aromatic heterocycles. The Balaban J connectivity index is 3.26. The van der Waals surface area contributed by atoms with E-state index in [9.17, 15) is 0 Å². The first-order valence-corrected chi connectivity index (χ1v) is 3.16. The van der Waals surface area contributed by atoms with Gasteiger partial charge in [-0.25, -0.2) is 4.98 Å². The summed E-state index contributed by atoms with van der Waals surface area (Å²) in [4.78, 5) is 3.82. The fraction of sp³-hybridized carbons (Fsp3) is 0.125. The van der Waals surface area contributed by atoms with E-state index in [2.05, 4.69) is 4.98 Å². The molecular weight excluding hydrogens is 138 g/mol. The van der Waals surface area contributed by atoms with Crippen LogP contribution in [0.15, 0.2) is 18.3 Å². The first kappa shape index (κ1) is 7.42. The molecule has 1 aromatic rings. The second-order valence-corrected chi connectivity index (χ2v) is 2.14. The molecule has 0 radical (unpaired) electrons. The molecular formula is C8H7N3. The average Bonchev–Trinajstić information content (AvgIpc) is 2.04. The number of nitriles is 1. The third kappa shape index (κ3) is 1.41. The number of aromatic nitrogens is 1. The van der Waals surface area contributed by atoms with Gasteiger partial charge in [-0.3, -0.25) is 0 Å². The molecule has 0 saturated carbocycles. The average molecular weight is 145 g/mol. The minimum Gasteiger partial charge on any atom is -0.305 e. The van der Waals surface area contributed by atoms with Gasteiger partial charge >= 0.3 is 0 Å². The molecule has 1 rings (SSSR count). The van der Waals surface area contributed by atoms with Gasteiger partial charge in [-0.15, -0.1) is 0 Å². The quantitative estimate of drug-likeness (QED) is 0.606. The van der Waals surface area contributed by atoms with E-state index in [1.807, 2.05) is 6.07 Å². The molecule has 0 bridgehead atoms. The zero-order valence-electron chi connectivity index (χ0n) is 6.13. The molecule has 0 spiro atoms. The van der Waals surface area contributed by atoms with Crippen LogP contribution in [0.3, 0.4) is 0 Å². The summed E-state index contributed by atoms with van der Waals surface area (Å²) in [5, 5.41) is 15.8. The maximum absolute atomic E-state index is 8.56. The SMILES string of the molecule is CC(=N)c1cccnc1C#N. The molecule has 0 saturated heterocycles. The van der Waals surface area contributed by atoms with E-state index in [4.69, 9.17) is 10.7 Å². The first-order valence-electron chi connectivity index (χ1n) is 3.16. The molecule has 0 aromatic carbocycles.